The zero-order valence-electron chi connectivity index (χ0n) is 12.6. The minimum absolute atomic E-state index is 0.0267. The van der Waals surface area contributed by atoms with E-state index in [9.17, 15) is 4.79 Å². The molecule has 1 unspecified atom stereocenters. The van der Waals surface area contributed by atoms with E-state index in [-0.39, 0.29) is 5.91 Å². The van der Waals surface area contributed by atoms with Crippen molar-refractivity contribution in [2.24, 2.45) is 5.92 Å². The summed E-state index contributed by atoms with van der Waals surface area (Å²) in [5, 5.41) is 17.9. The van der Waals surface area contributed by atoms with Gasteiger partial charge in [0.15, 0.2) is 0 Å². The van der Waals surface area contributed by atoms with Gasteiger partial charge in [0.25, 0.3) is 5.91 Å². The summed E-state index contributed by atoms with van der Waals surface area (Å²) in [6.07, 6.45) is 4.59. The molecule has 0 aromatic carbocycles. The van der Waals surface area contributed by atoms with Gasteiger partial charge < -0.3 is 10.2 Å². The van der Waals surface area contributed by atoms with Gasteiger partial charge in [-0.05, 0) is 43.4 Å². The molecule has 0 saturated carbocycles. The summed E-state index contributed by atoms with van der Waals surface area (Å²) in [5.41, 5.74) is 1.53. The lowest BCUT2D eigenvalue weighted by molar-refractivity contribution is 0.0666. The highest BCUT2D eigenvalue weighted by Crippen LogP contribution is 2.21. The predicted octanol–water partition coefficient (Wildman–Crippen LogP) is 1.34. The molecule has 1 fully saturated rings. The minimum atomic E-state index is 0.0267. The molecule has 1 amide bonds. The molecule has 1 atom stereocenters. The number of likely N-dealkylation sites (tertiary alicyclic amines) is 1. The van der Waals surface area contributed by atoms with Crippen LogP contribution in [0.4, 0.5) is 5.82 Å². The Morgan fingerprint density at radius 1 is 1.41 bits per heavy atom. The van der Waals surface area contributed by atoms with Crippen LogP contribution in [0.15, 0.2) is 24.4 Å². The fourth-order valence-corrected chi connectivity index (χ4v) is 2.86. The highest BCUT2D eigenvalue weighted by atomic mass is 16.2. The van der Waals surface area contributed by atoms with Gasteiger partial charge in [0.05, 0.1) is 5.69 Å². The average Bonchev–Trinajstić information content (AvgIpc) is 3.09. The first-order valence-corrected chi connectivity index (χ1v) is 7.55. The fourth-order valence-electron chi connectivity index (χ4n) is 2.86. The normalized spacial score (nSPS) is 18.2. The molecule has 7 heteroatoms. The minimum Gasteiger partial charge on any atom is -0.372 e. The Hall–Kier alpha value is -2.44. The van der Waals surface area contributed by atoms with Gasteiger partial charge in [-0.3, -0.25) is 9.89 Å². The van der Waals surface area contributed by atoms with Gasteiger partial charge in [-0.15, -0.1) is 5.10 Å². The third-order valence-corrected chi connectivity index (χ3v) is 4.01. The van der Waals surface area contributed by atoms with Crippen LogP contribution in [-0.2, 0) is 6.42 Å². The first-order valence-electron chi connectivity index (χ1n) is 7.55. The van der Waals surface area contributed by atoms with Crippen molar-refractivity contribution in [3.05, 3.63) is 35.8 Å². The third kappa shape index (κ3) is 3.24. The highest BCUT2D eigenvalue weighted by molar-refractivity contribution is 5.92. The first kappa shape index (κ1) is 14.5. The Bertz CT molecular complexity index is 609. The van der Waals surface area contributed by atoms with Gasteiger partial charge in [0.2, 0.25) is 0 Å². The van der Waals surface area contributed by atoms with Crippen molar-refractivity contribution in [2.45, 2.75) is 19.3 Å². The summed E-state index contributed by atoms with van der Waals surface area (Å²) in [4.78, 5) is 14.3. The highest BCUT2D eigenvalue weighted by Gasteiger charge is 2.25. The van der Waals surface area contributed by atoms with E-state index in [0.29, 0.717) is 11.6 Å². The van der Waals surface area contributed by atoms with Crippen molar-refractivity contribution in [2.75, 3.05) is 25.5 Å². The molecule has 1 aliphatic rings. The van der Waals surface area contributed by atoms with E-state index in [1.54, 1.807) is 12.3 Å². The van der Waals surface area contributed by atoms with Gasteiger partial charge >= 0.3 is 0 Å². The third-order valence-electron chi connectivity index (χ3n) is 4.01. The van der Waals surface area contributed by atoms with Crippen LogP contribution < -0.4 is 5.32 Å². The van der Waals surface area contributed by atoms with Crippen molar-refractivity contribution in [3.63, 3.8) is 0 Å². The number of piperidine rings is 1. The lowest BCUT2D eigenvalue weighted by Gasteiger charge is -2.32. The summed E-state index contributed by atoms with van der Waals surface area (Å²) in [7, 11) is 1.82. The molecule has 0 aliphatic carbocycles. The molecule has 116 valence electrons. The first-order chi connectivity index (χ1) is 10.8. The maximum Gasteiger partial charge on any atom is 0.271 e. The van der Waals surface area contributed by atoms with Gasteiger partial charge in [0, 0.05) is 26.3 Å². The Labute approximate surface area is 129 Å². The summed E-state index contributed by atoms with van der Waals surface area (Å²) < 4.78 is 0. The molecule has 22 heavy (non-hydrogen) atoms. The van der Waals surface area contributed by atoms with E-state index in [4.69, 9.17) is 0 Å². The number of carbonyl (C=O) groups excluding carboxylic acids is 1. The Kier molecular flexibility index (Phi) is 4.32. The lowest BCUT2D eigenvalue weighted by Crippen LogP contribution is -2.40. The molecular formula is C15H20N6O. The molecule has 2 N–H and O–H groups in total. The number of anilines is 1. The number of rotatable bonds is 4. The second-order valence-electron chi connectivity index (χ2n) is 5.59. The SMILES string of the molecule is CNc1ccc(CC2CCCN(C(=O)c3ccn[nH]3)C2)nn1. The van der Waals surface area contributed by atoms with Crippen molar-refractivity contribution in [3.8, 4) is 0 Å². The predicted molar refractivity (Wildman–Crippen MR) is 82.5 cm³/mol. The average molecular weight is 300 g/mol. The van der Waals surface area contributed by atoms with Crippen LogP contribution in [-0.4, -0.2) is 51.3 Å². The smallest absolute Gasteiger partial charge is 0.271 e. The quantitative estimate of drug-likeness (QED) is 0.889. The number of aromatic nitrogens is 4. The topological polar surface area (TPSA) is 86.8 Å². The van der Waals surface area contributed by atoms with Crippen LogP contribution in [0.1, 0.15) is 29.0 Å². The zero-order valence-corrected chi connectivity index (χ0v) is 12.6. The molecule has 3 heterocycles. The number of H-pyrrole nitrogens is 1. The Morgan fingerprint density at radius 2 is 2.32 bits per heavy atom. The number of nitrogens with zero attached hydrogens (tertiary/aromatic N) is 4. The monoisotopic (exact) mass is 300 g/mol. The molecule has 7 nitrogen and oxygen atoms in total. The fraction of sp³-hybridized carbons (Fsp3) is 0.467. The van der Waals surface area contributed by atoms with Crippen LogP contribution in [0.2, 0.25) is 0 Å². The van der Waals surface area contributed by atoms with Crippen LogP contribution in [0.3, 0.4) is 0 Å². The van der Waals surface area contributed by atoms with Crippen molar-refractivity contribution < 1.29 is 4.79 Å². The van der Waals surface area contributed by atoms with Gasteiger partial charge in [-0.2, -0.15) is 10.2 Å². The number of aromatic amines is 1. The number of hydrogen-bond acceptors (Lipinski definition) is 5. The van der Waals surface area contributed by atoms with E-state index in [1.807, 2.05) is 24.1 Å². The molecule has 1 saturated heterocycles. The second kappa shape index (κ2) is 6.55. The van der Waals surface area contributed by atoms with Crippen molar-refractivity contribution >= 4 is 11.7 Å². The number of nitrogens with one attached hydrogen (secondary N) is 2. The molecule has 3 rings (SSSR count). The Morgan fingerprint density at radius 3 is 3.00 bits per heavy atom. The maximum absolute atomic E-state index is 12.4. The van der Waals surface area contributed by atoms with Crippen molar-refractivity contribution in [1.82, 2.24) is 25.3 Å². The van der Waals surface area contributed by atoms with Gasteiger partial charge in [-0.25, -0.2) is 0 Å². The molecule has 0 radical (unpaired) electrons. The lowest BCUT2D eigenvalue weighted by atomic mass is 9.93. The van der Waals surface area contributed by atoms with E-state index in [0.717, 1.165) is 43.9 Å². The van der Waals surface area contributed by atoms with Crippen LogP contribution in [0.25, 0.3) is 0 Å². The van der Waals surface area contributed by atoms with Gasteiger partial charge in [-0.1, -0.05) is 0 Å². The Balaban J connectivity index is 1.61. The van der Waals surface area contributed by atoms with Crippen LogP contribution in [0, 0.1) is 5.92 Å². The molecule has 0 bridgehead atoms. The van der Waals surface area contributed by atoms with E-state index >= 15 is 0 Å². The van der Waals surface area contributed by atoms with Gasteiger partial charge in [0.1, 0.15) is 11.5 Å². The summed E-state index contributed by atoms with van der Waals surface area (Å²) >= 11 is 0. The maximum atomic E-state index is 12.4. The molecule has 2 aromatic rings. The second-order valence-corrected chi connectivity index (χ2v) is 5.59. The molecule has 2 aromatic heterocycles. The summed E-state index contributed by atoms with van der Waals surface area (Å²) in [6, 6.07) is 5.64. The summed E-state index contributed by atoms with van der Waals surface area (Å²) in [5.74, 6) is 1.22. The zero-order chi connectivity index (χ0) is 15.4. The van der Waals surface area contributed by atoms with Crippen molar-refractivity contribution in [1.29, 1.82) is 0 Å². The van der Waals surface area contributed by atoms with Crippen LogP contribution >= 0.6 is 0 Å². The van der Waals surface area contributed by atoms with Crippen LogP contribution in [0.5, 0.6) is 0 Å². The van der Waals surface area contributed by atoms with E-state index in [2.05, 4.69) is 25.7 Å². The number of hydrogen-bond donors (Lipinski definition) is 2. The number of carbonyl (C=O) groups is 1. The largest absolute Gasteiger partial charge is 0.372 e. The molecular weight excluding hydrogens is 280 g/mol. The molecule has 0 spiro atoms. The standard InChI is InChI=1S/C15H20N6O/c1-16-14-5-4-12(18-20-14)9-11-3-2-8-21(10-11)15(22)13-6-7-17-19-13/h4-7,11H,2-3,8-10H2,1H3,(H,16,20)(H,17,19). The number of amides is 1. The molecule has 1 aliphatic heterocycles. The van der Waals surface area contributed by atoms with E-state index < -0.39 is 0 Å². The summed E-state index contributed by atoms with van der Waals surface area (Å²) in [6.45, 7) is 1.56. The van der Waals surface area contributed by atoms with E-state index in [1.165, 1.54) is 0 Å².